The minimum absolute atomic E-state index is 0.00514. The molecule has 0 radical (unpaired) electrons. The summed E-state index contributed by atoms with van der Waals surface area (Å²) in [4.78, 5) is 22.2. The molecule has 4 aliphatic carbocycles. The Balaban J connectivity index is 0.000000189. The van der Waals surface area contributed by atoms with Crippen LogP contribution in [-0.4, -0.2) is 115 Å². The fraction of sp³-hybridized carbons (Fsp3) is 0.537. The highest BCUT2D eigenvalue weighted by molar-refractivity contribution is 7.00. The molecule has 7 aromatic carbocycles. The Labute approximate surface area is 655 Å². The van der Waals surface area contributed by atoms with E-state index < -0.39 is 25.0 Å². The number of rotatable bonds is 28. The summed E-state index contributed by atoms with van der Waals surface area (Å²) < 4.78 is 40.0. The van der Waals surface area contributed by atoms with Crippen LogP contribution < -0.4 is 31.1 Å². The number of benzene rings is 7. The molecule has 108 heavy (non-hydrogen) atoms. The molecule has 0 unspecified atom stereocenters. The molecule has 0 spiro atoms. The second-order valence-corrected chi connectivity index (χ2v) is 47.9. The topological polar surface area (TPSA) is 130 Å². The highest BCUT2D eigenvalue weighted by atomic mass is 28.4. The molecule has 7 aromatic rings. The minimum Gasteiger partial charge on any atom is -0.404 e. The SMILES string of the molecule is CC(=O)C[C@@H](C)COC1CCC(O)CC1.CC(=O)C[C@@H](C)COC1CCC(O[Si](c2ccccc2)(c2ccccc2)C(C)(C)C)CC1.CC(C)(C)[Si](OC1CCC(O)CC1)(c1ccccc1)c1ccccc1.C[C@H](CCc1ccccc1)COC1CCC(O[Si](c2ccccc2)(c2ccccc2)C(C)(C)C)CC1. The second-order valence-electron chi connectivity index (χ2n) is 35.2. The molecule has 0 heterocycles. The summed E-state index contributed by atoms with van der Waals surface area (Å²) in [6, 6.07) is 76.2. The van der Waals surface area contributed by atoms with Crippen molar-refractivity contribution in [3.8, 4) is 0 Å². The van der Waals surface area contributed by atoms with Crippen LogP contribution in [0.4, 0.5) is 0 Å². The maximum atomic E-state index is 11.3. The Hall–Kier alpha value is -5.79. The number of aliphatic hydroxyl groups is 2. The predicted octanol–water partition coefficient (Wildman–Crippen LogP) is 18.5. The Bertz CT molecular complexity index is 3490. The molecule has 0 aliphatic heterocycles. The Morgan fingerprint density at radius 3 is 0.759 bits per heavy atom. The van der Waals surface area contributed by atoms with Gasteiger partial charge in [0, 0.05) is 51.0 Å². The number of Topliss-reactive ketones (excluding diaryl/α,β-unsaturated/α-hetero) is 2. The van der Waals surface area contributed by atoms with Gasteiger partial charge in [0.2, 0.25) is 0 Å². The molecule has 3 atom stereocenters. The van der Waals surface area contributed by atoms with Crippen LogP contribution in [0, 0.1) is 17.8 Å². The van der Waals surface area contributed by atoms with Gasteiger partial charge in [0.25, 0.3) is 25.0 Å². The van der Waals surface area contributed by atoms with E-state index in [4.69, 9.17) is 27.5 Å². The summed E-state index contributed by atoms with van der Waals surface area (Å²) in [5.74, 6) is 1.65. The first-order valence-corrected chi connectivity index (χ1v) is 46.9. The van der Waals surface area contributed by atoms with Crippen molar-refractivity contribution in [1.29, 1.82) is 0 Å². The van der Waals surface area contributed by atoms with Gasteiger partial charge in [-0.05, 0) is 199 Å². The summed E-state index contributed by atoms with van der Waals surface area (Å²) in [6.45, 7) is 33.0. The van der Waals surface area contributed by atoms with Gasteiger partial charge in [0.05, 0.1) is 30.5 Å². The van der Waals surface area contributed by atoms with E-state index in [2.05, 4.69) is 288 Å². The lowest BCUT2D eigenvalue weighted by atomic mass is 9.95. The van der Waals surface area contributed by atoms with E-state index in [0.717, 1.165) is 116 Å². The molecular formula is C95H136O10Si3. The molecule has 10 nitrogen and oxygen atoms in total. The molecule has 13 heteroatoms. The largest absolute Gasteiger partial charge is 0.404 e. The highest BCUT2D eigenvalue weighted by Crippen LogP contribution is 2.43. The second kappa shape index (κ2) is 42.7. The van der Waals surface area contributed by atoms with Crippen LogP contribution >= 0.6 is 0 Å². The quantitative estimate of drug-likeness (QED) is 0.0457. The van der Waals surface area contributed by atoms with E-state index in [1.807, 2.05) is 6.92 Å². The lowest BCUT2D eigenvalue weighted by Gasteiger charge is -2.46. The van der Waals surface area contributed by atoms with Crippen LogP contribution in [0.15, 0.2) is 212 Å². The van der Waals surface area contributed by atoms with Crippen molar-refractivity contribution < 1.29 is 47.3 Å². The first-order chi connectivity index (χ1) is 51.6. The van der Waals surface area contributed by atoms with Gasteiger partial charge in [-0.3, -0.25) is 0 Å². The van der Waals surface area contributed by atoms with E-state index in [9.17, 15) is 19.8 Å². The van der Waals surface area contributed by atoms with Gasteiger partial charge < -0.3 is 47.3 Å². The number of aryl methyl sites for hydroxylation is 1. The van der Waals surface area contributed by atoms with E-state index in [1.54, 1.807) is 13.8 Å². The third-order valence-corrected chi connectivity index (χ3v) is 38.0. The fourth-order valence-corrected chi connectivity index (χ4v) is 31.2. The lowest BCUT2D eigenvalue weighted by molar-refractivity contribution is -0.119. The average molecular weight is 1520 g/mol. The van der Waals surface area contributed by atoms with Crippen molar-refractivity contribution in [2.45, 2.75) is 289 Å². The number of hydrogen-bond acceptors (Lipinski definition) is 10. The molecule has 2 N–H and O–H groups in total. The van der Waals surface area contributed by atoms with Crippen LogP contribution in [-0.2, 0) is 43.5 Å². The third kappa shape index (κ3) is 25.6. The normalized spacial score (nSPS) is 21.7. The van der Waals surface area contributed by atoms with Crippen LogP contribution in [0.25, 0.3) is 0 Å². The van der Waals surface area contributed by atoms with Crippen molar-refractivity contribution in [2.24, 2.45) is 17.8 Å². The van der Waals surface area contributed by atoms with Gasteiger partial charge in [0.15, 0.2) is 0 Å². The molecule has 0 amide bonds. The van der Waals surface area contributed by atoms with E-state index >= 15 is 0 Å². The smallest absolute Gasteiger partial charge is 0.261 e. The molecule has 4 fully saturated rings. The average Bonchev–Trinajstić information content (AvgIpc) is 0.757. The molecule has 11 rings (SSSR count). The number of carbonyl (C=O) groups is 2. The van der Waals surface area contributed by atoms with E-state index in [1.165, 1.54) is 43.1 Å². The maximum Gasteiger partial charge on any atom is 0.261 e. The third-order valence-electron chi connectivity index (χ3n) is 22.7. The van der Waals surface area contributed by atoms with Crippen molar-refractivity contribution >= 4 is 67.6 Å². The maximum absolute atomic E-state index is 11.3. The monoisotopic (exact) mass is 1520 g/mol. The summed E-state index contributed by atoms with van der Waals surface area (Å²) in [6.07, 6.45) is 20.6. The Morgan fingerprint density at radius 2 is 0.528 bits per heavy atom. The minimum atomic E-state index is -2.49. The van der Waals surface area contributed by atoms with Gasteiger partial charge in [-0.1, -0.05) is 295 Å². The Morgan fingerprint density at radius 1 is 0.324 bits per heavy atom. The van der Waals surface area contributed by atoms with Gasteiger partial charge in [-0.25, -0.2) is 0 Å². The van der Waals surface area contributed by atoms with Gasteiger partial charge in [-0.15, -0.1) is 0 Å². The summed E-state index contributed by atoms with van der Waals surface area (Å²) in [5, 5.41) is 27.3. The molecule has 0 aromatic heterocycles. The first kappa shape index (κ1) is 87.8. The molecular weight excluding hydrogens is 1390 g/mol. The number of hydrogen-bond donors (Lipinski definition) is 2. The van der Waals surface area contributed by atoms with Gasteiger partial charge in [-0.2, -0.15) is 0 Å². The fourth-order valence-electron chi connectivity index (χ4n) is 17.0. The molecule has 4 saturated carbocycles. The molecule has 0 saturated heterocycles. The zero-order valence-electron chi connectivity index (χ0n) is 68.5. The van der Waals surface area contributed by atoms with Gasteiger partial charge in [0.1, 0.15) is 11.6 Å². The predicted molar refractivity (Wildman–Crippen MR) is 455 cm³/mol. The lowest BCUT2D eigenvalue weighted by Crippen LogP contribution is -2.67. The van der Waals surface area contributed by atoms with Crippen LogP contribution in [0.2, 0.25) is 15.1 Å². The zero-order valence-corrected chi connectivity index (χ0v) is 71.5. The number of ether oxygens (including phenoxy) is 3. The number of ketones is 2. The molecule has 0 bridgehead atoms. The summed E-state index contributed by atoms with van der Waals surface area (Å²) >= 11 is 0. The first-order valence-electron chi connectivity index (χ1n) is 41.2. The van der Waals surface area contributed by atoms with E-state index in [-0.39, 0.29) is 63.3 Å². The van der Waals surface area contributed by atoms with Crippen molar-refractivity contribution in [3.05, 3.63) is 218 Å². The van der Waals surface area contributed by atoms with Crippen LogP contribution in [0.3, 0.4) is 0 Å². The van der Waals surface area contributed by atoms with Crippen LogP contribution in [0.1, 0.15) is 224 Å². The van der Waals surface area contributed by atoms with Crippen molar-refractivity contribution in [1.82, 2.24) is 0 Å². The van der Waals surface area contributed by atoms with Gasteiger partial charge >= 0.3 is 0 Å². The van der Waals surface area contributed by atoms with Crippen molar-refractivity contribution in [3.63, 3.8) is 0 Å². The van der Waals surface area contributed by atoms with Crippen molar-refractivity contribution in [2.75, 3.05) is 19.8 Å². The Kier molecular flexibility index (Phi) is 34.7. The highest BCUT2D eigenvalue weighted by Gasteiger charge is 2.54. The molecule has 588 valence electrons. The number of aliphatic hydroxyl groups excluding tert-OH is 2. The summed E-state index contributed by atoms with van der Waals surface area (Å²) in [7, 11) is -7.41. The van der Waals surface area contributed by atoms with Crippen LogP contribution in [0.5, 0.6) is 0 Å². The number of carbonyl (C=O) groups excluding carboxylic acids is 2. The summed E-state index contributed by atoms with van der Waals surface area (Å²) in [5.41, 5.74) is 1.42. The zero-order chi connectivity index (χ0) is 77.8. The standard InChI is InChI=1S/C33H44O2Si.C28H40O3Si.C22H30O2Si.C12H22O3/c1-27(20-21-28-14-8-5-9-15-28)26-34-29-22-24-30(25-23-29)35-36(33(2,3)4,31-16-10-6-11-17-31)32-18-12-7-13-19-32;1-22(20-23(2)29)21-30-24-16-18-25(19-17-24)31-32(28(3,4)5,26-12-8-6-9-13-26)27-14-10-7-11-15-27;1-22(2,3)25(20-10-6-4-7-11-20,21-12-8-5-9-13-21)24-19-16-14-18(23)15-17-19;1-9(7-10(2)13)8-15-12-5-3-11(14)4-6-12/h5-19,27,29-30H,20-26H2,1-4H3;6-15,22,24-25H,16-21H2,1-5H3;4-13,18-19,23H,14-17H2,1-3H3;9,11-12,14H,3-8H2,1-2H3/t27-,29?,30?;22-,24?,25?;;9-,11?,12?/m11.1/s1. The van der Waals surface area contributed by atoms with E-state index in [0.29, 0.717) is 56.0 Å². The molecule has 4 aliphatic rings.